The molecule has 1 heterocycles. The highest BCUT2D eigenvalue weighted by Gasteiger charge is 2.39. The minimum absolute atomic E-state index is 0.0136. The summed E-state index contributed by atoms with van der Waals surface area (Å²) in [6, 6.07) is 11.1. The summed E-state index contributed by atoms with van der Waals surface area (Å²) in [7, 11) is 0. The first-order valence-corrected chi connectivity index (χ1v) is 9.73. The lowest BCUT2D eigenvalue weighted by Gasteiger charge is -2.28. The topological polar surface area (TPSA) is 69.6 Å². The van der Waals surface area contributed by atoms with E-state index in [9.17, 15) is 23.5 Å². The van der Waals surface area contributed by atoms with E-state index >= 15 is 0 Å². The van der Waals surface area contributed by atoms with Gasteiger partial charge in [0, 0.05) is 12.5 Å². The van der Waals surface area contributed by atoms with Crippen molar-refractivity contribution in [1.82, 2.24) is 10.2 Å². The Morgan fingerprint density at radius 1 is 1.10 bits per heavy atom. The Hall–Kier alpha value is -2.96. The number of hydrogen-bond donors (Lipinski definition) is 2. The van der Waals surface area contributed by atoms with Crippen LogP contribution in [0.1, 0.15) is 29.9 Å². The van der Waals surface area contributed by atoms with Gasteiger partial charge in [-0.25, -0.2) is 13.6 Å². The second-order valence-electron chi connectivity index (χ2n) is 7.66. The average molecular weight is 400 g/mol. The molecular weight excluding hydrogens is 378 g/mol. The monoisotopic (exact) mass is 400 g/mol. The Morgan fingerprint density at radius 2 is 1.83 bits per heavy atom. The molecular formula is C22H22F2N2O3. The van der Waals surface area contributed by atoms with Gasteiger partial charge in [-0.05, 0) is 53.6 Å². The maximum absolute atomic E-state index is 13.6. The average Bonchev–Trinajstić information content (AvgIpc) is 3.32. The first kappa shape index (κ1) is 19.4. The van der Waals surface area contributed by atoms with Gasteiger partial charge < -0.3 is 15.3 Å². The normalized spacial score (nSPS) is 21.7. The van der Waals surface area contributed by atoms with Crippen molar-refractivity contribution in [2.24, 2.45) is 0 Å². The maximum atomic E-state index is 13.6. The molecule has 1 fully saturated rings. The van der Waals surface area contributed by atoms with Crippen molar-refractivity contribution < 1.29 is 23.5 Å². The molecule has 2 N–H and O–H groups in total. The van der Waals surface area contributed by atoms with Gasteiger partial charge in [-0.15, -0.1) is 0 Å². The predicted octanol–water partition coefficient (Wildman–Crippen LogP) is 3.73. The van der Waals surface area contributed by atoms with Crippen molar-refractivity contribution in [3.8, 4) is 11.1 Å². The SMILES string of the molecule is O=C(O)N[C@H](C(=O)N1CC[C@H](F)C1)[C@H]1CCc2cc(-c3ccc(F)cc3)ccc21. The number of amides is 2. The Kier molecular flexibility index (Phi) is 5.22. The van der Waals surface area contributed by atoms with Crippen LogP contribution in [-0.2, 0) is 11.2 Å². The van der Waals surface area contributed by atoms with Crippen LogP contribution in [0.2, 0.25) is 0 Å². The van der Waals surface area contributed by atoms with Gasteiger partial charge >= 0.3 is 6.09 Å². The highest BCUT2D eigenvalue weighted by Crippen LogP contribution is 2.38. The number of fused-ring (bicyclic) bond motifs is 1. The number of hydrogen-bond acceptors (Lipinski definition) is 2. The summed E-state index contributed by atoms with van der Waals surface area (Å²) < 4.78 is 26.7. The van der Waals surface area contributed by atoms with Gasteiger partial charge in [-0.3, -0.25) is 4.79 Å². The molecule has 2 aliphatic rings. The van der Waals surface area contributed by atoms with E-state index in [4.69, 9.17) is 0 Å². The number of carbonyl (C=O) groups excluding carboxylic acids is 1. The third kappa shape index (κ3) is 3.95. The van der Waals surface area contributed by atoms with Crippen LogP contribution in [0.25, 0.3) is 11.1 Å². The third-order valence-electron chi connectivity index (χ3n) is 5.83. The molecule has 1 saturated heterocycles. The molecule has 2 aromatic rings. The van der Waals surface area contributed by atoms with E-state index in [1.54, 1.807) is 12.1 Å². The fraction of sp³-hybridized carbons (Fsp3) is 0.364. The van der Waals surface area contributed by atoms with Crippen LogP contribution < -0.4 is 5.32 Å². The zero-order chi connectivity index (χ0) is 20.5. The van der Waals surface area contributed by atoms with E-state index < -0.39 is 18.3 Å². The molecule has 1 aliphatic carbocycles. The van der Waals surface area contributed by atoms with Crippen molar-refractivity contribution in [2.75, 3.05) is 13.1 Å². The Morgan fingerprint density at radius 3 is 2.48 bits per heavy atom. The lowest BCUT2D eigenvalue weighted by Crippen LogP contribution is -2.50. The zero-order valence-corrected chi connectivity index (χ0v) is 15.8. The van der Waals surface area contributed by atoms with Crippen LogP contribution in [0.3, 0.4) is 0 Å². The van der Waals surface area contributed by atoms with Crippen molar-refractivity contribution in [2.45, 2.75) is 37.4 Å². The molecule has 0 spiro atoms. The number of aryl methyl sites for hydroxylation is 1. The summed E-state index contributed by atoms with van der Waals surface area (Å²) in [5.41, 5.74) is 3.81. The first-order chi connectivity index (χ1) is 13.9. The molecule has 1 aliphatic heterocycles. The molecule has 0 radical (unpaired) electrons. The van der Waals surface area contributed by atoms with Crippen LogP contribution in [0.5, 0.6) is 0 Å². The van der Waals surface area contributed by atoms with Gasteiger partial charge in [0.2, 0.25) is 5.91 Å². The summed E-state index contributed by atoms with van der Waals surface area (Å²) in [4.78, 5) is 25.7. The standard InChI is InChI=1S/C22H22F2N2O3/c23-16-5-1-13(2-6-16)14-3-7-18-15(11-14)4-8-19(18)20(25-22(28)29)21(27)26-10-9-17(24)12-26/h1-3,5-7,11,17,19-20,25H,4,8-10,12H2,(H,28,29)/t17-,19-,20-/m0/s1. The van der Waals surface area contributed by atoms with Crippen LogP contribution in [0, 0.1) is 5.82 Å². The number of benzene rings is 2. The molecule has 3 atom stereocenters. The third-order valence-corrected chi connectivity index (χ3v) is 5.83. The second kappa shape index (κ2) is 7.81. The minimum atomic E-state index is -1.27. The van der Waals surface area contributed by atoms with E-state index in [0.29, 0.717) is 19.4 Å². The lowest BCUT2D eigenvalue weighted by molar-refractivity contribution is -0.133. The number of carbonyl (C=O) groups is 2. The maximum Gasteiger partial charge on any atom is 0.405 e. The Balaban J connectivity index is 1.61. The number of alkyl halides is 1. The molecule has 2 amide bonds. The number of rotatable bonds is 4. The molecule has 29 heavy (non-hydrogen) atoms. The van der Waals surface area contributed by atoms with Crippen molar-refractivity contribution in [3.05, 3.63) is 59.4 Å². The zero-order valence-electron chi connectivity index (χ0n) is 15.8. The molecule has 0 unspecified atom stereocenters. The predicted molar refractivity (Wildman–Crippen MR) is 104 cm³/mol. The van der Waals surface area contributed by atoms with Crippen molar-refractivity contribution >= 4 is 12.0 Å². The molecule has 4 rings (SSSR count). The van der Waals surface area contributed by atoms with Crippen LogP contribution in [0.4, 0.5) is 13.6 Å². The van der Waals surface area contributed by atoms with Gasteiger partial charge in [-0.1, -0.05) is 30.3 Å². The molecule has 2 aromatic carbocycles. The molecule has 7 heteroatoms. The van der Waals surface area contributed by atoms with Gasteiger partial charge in [0.25, 0.3) is 0 Å². The number of carboxylic acid groups (broad SMARTS) is 1. The van der Waals surface area contributed by atoms with E-state index in [2.05, 4.69) is 5.32 Å². The largest absolute Gasteiger partial charge is 0.465 e. The summed E-state index contributed by atoms with van der Waals surface area (Å²) in [6.07, 6.45) is -0.694. The first-order valence-electron chi connectivity index (χ1n) is 9.73. The van der Waals surface area contributed by atoms with E-state index in [1.807, 2.05) is 18.2 Å². The highest BCUT2D eigenvalue weighted by molar-refractivity contribution is 5.87. The van der Waals surface area contributed by atoms with E-state index in [1.165, 1.54) is 17.0 Å². The van der Waals surface area contributed by atoms with E-state index in [-0.39, 0.29) is 30.6 Å². The Labute approximate surface area is 167 Å². The Bertz CT molecular complexity index is 932. The van der Waals surface area contributed by atoms with Crippen molar-refractivity contribution in [1.29, 1.82) is 0 Å². The summed E-state index contributed by atoms with van der Waals surface area (Å²) in [5, 5.41) is 11.6. The fourth-order valence-electron chi connectivity index (χ4n) is 4.40. The molecule has 152 valence electrons. The van der Waals surface area contributed by atoms with Gasteiger partial charge in [0.05, 0.1) is 6.54 Å². The lowest BCUT2D eigenvalue weighted by atomic mass is 9.91. The second-order valence-corrected chi connectivity index (χ2v) is 7.66. The van der Waals surface area contributed by atoms with Crippen LogP contribution >= 0.6 is 0 Å². The molecule has 0 bridgehead atoms. The van der Waals surface area contributed by atoms with Gasteiger partial charge in [0.1, 0.15) is 18.0 Å². The van der Waals surface area contributed by atoms with Gasteiger partial charge in [0.15, 0.2) is 0 Å². The van der Waals surface area contributed by atoms with Crippen LogP contribution in [0.15, 0.2) is 42.5 Å². The fourth-order valence-corrected chi connectivity index (χ4v) is 4.40. The summed E-state index contributed by atoms with van der Waals surface area (Å²) >= 11 is 0. The van der Waals surface area contributed by atoms with E-state index in [0.717, 1.165) is 22.3 Å². The van der Waals surface area contributed by atoms with Crippen LogP contribution in [-0.4, -0.2) is 47.3 Å². The molecule has 5 nitrogen and oxygen atoms in total. The van der Waals surface area contributed by atoms with Gasteiger partial charge in [-0.2, -0.15) is 0 Å². The number of halogens is 2. The summed E-state index contributed by atoms with van der Waals surface area (Å²) in [5.74, 6) is -0.962. The summed E-state index contributed by atoms with van der Waals surface area (Å²) in [6.45, 7) is 0.320. The highest BCUT2D eigenvalue weighted by atomic mass is 19.1. The number of nitrogens with zero attached hydrogens (tertiary/aromatic N) is 1. The quantitative estimate of drug-likeness (QED) is 0.822. The minimum Gasteiger partial charge on any atom is -0.465 e. The molecule has 0 saturated carbocycles. The van der Waals surface area contributed by atoms with Crippen molar-refractivity contribution in [3.63, 3.8) is 0 Å². The molecule has 0 aromatic heterocycles. The smallest absolute Gasteiger partial charge is 0.405 e. The number of likely N-dealkylation sites (tertiary alicyclic amines) is 1. The number of nitrogens with one attached hydrogen (secondary N) is 1.